The second-order valence-electron chi connectivity index (χ2n) is 27.3. The molecule has 0 aromatic heterocycles. The summed E-state index contributed by atoms with van der Waals surface area (Å²) in [6, 6.07) is 0. The molecule has 504 valence electrons. The first-order chi connectivity index (χ1) is 41.3. The molecule has 6 heterocycles. The van der Waals surface area contributed by atoms with Gasteiger partial charge in [0.1, 0.15) is 122 Å². The van der Waals surface area contributed by atoms with Crippen molar-refractivity contribution in [3.8, 4) is 0 Å². The Hall–Kier alpha value is -1.16. The van der Waals surface area contributed by atoms with Gasteiger partial charge in [0.25, 0.3) is 0 Å². The van der Waals surface area contributed by atoms with E-state index in [0.717, 1.165) is 38.5 Å². The van der Waals surface area contributed by atoms with E-state index in [1.807, 2.05) is 6.92 Å². The quantitative estimate of drug-likeness (QED) is 0.0506. The molecular formula is C58H98O29. The van der Waals surface area contributed by atoms with Gasteiger partial charge in [-0.15, -0.1) is 0 Å². The summed E-state index contributed by atoms with van der Waals surface area (Å²) in [6.07, 6.45) is -34.1. The first kappa shape index (κ1) is 68.7. The fraction of sp³-hybridized carbons (Fsp3) is 1.00. The second-order valence-corrected chi connectivity index (χ2v) is 27.3. The summed E-state index contributed by atoms with van der Waals surface area (Å²) in [5, 5.41) is 181. The lowest BCUT2D eigenvalue weighted by atomic mass is 9.44. The Bertz CT molecular complexity index is 2200. The van der Waals surface area contributed by atoms with E-state index in [1.54, 1.807) is 7.11 Å². The average molecular weight is 1260 g/mol. The van der Waals surface area contributed by atoms with Crippen LogP contribution in [0.3, 0.4) is 0 Å². The van der Waals surface area contributed by atoms with Crippen molar-refractivity contribution in [2.45, 2.75) is 263 Å². The van der Waals surface area contributed by atoms with E-state index < -0.39 is 198 Å². The molecule has 10 aliphatic rings. The molecule has 29 heteroatoms. The molecule has 87 heavy (non-hydrogen) atoms. The molecule has 0 aromatic rings. The van der Waals surface area contributed by atoms with E-state index in [2.05, 4.69) is 20.8 Å². The van der Waals surface area contributed by atoms with Crippen LogP contribution in [-0.4, -0.2) is 305 Å². The maximum Gasteiger partial charge on any atom is 0.187 e. The minimum atomic E-state index is -2.06. The number of hydrogen-bond donors (Lipinski definition) is 17. The molecule has 10 fully saturated rings. The zero-order valence-electron chi connectivity index (χ0n) is 49.9. The smallest absolute Gasteiger partial charge is 0.187 e. The van der Waals surface area contributed by atoms with Gasteiger partial charge in [0, 0.05) is 19.4 Å². The Balaban J connectivity index is 0.757. The maximum atomic E-state index is 11.9. The molecule has 10 rings (SSSR count). The highest BCUT2D eigenvalue weighted by molar-refractivity contribution is 5.15. The highest BCUT2D eigenvalue weighted by Gasteiger charge is 2.69. The van der Waals surface area contributed by atoms with Gasteiger partial charge in [0.05, 0.1) is 51.8 Å². The van der Waals surface area contributed by atoms with E-state index >= 15 is 0 Å². The van der Waals surface area contributed by atoms with Crippen molar-refractivity contribution in [1.82, 2.24) is 0 Å². The molecule has 37 unspecified atom stereocenters. The summed E-state index contributed by atoms with van der Waals surface area (Å²) >= 11 is 0. The predicted molar refractivity (Wildman–Crippen MR) is 289 cm³/mol. The van der Waals surface area contributed by atoms with Gasteiger partial charge in [-0.2, -0.15) is 0 Å². The van der Waals surface area contributed by atoms with E-state index in [4.69, 9.17) is 56.8 Å². The van der Waals surface area contributed by atoms with Crippen LogP contribution < -0.4 is 0 Å². The number of fused-ring (bicyclic) bond motifs is 7. The largest absolute Gasteiger partial charge is 0.394 e. The van der Waals surface area contributed by atoms with Gasteiger partial charge in [-0.05, 0) is 104 Å². The molecule has 4 saturated carbocycles. The average Bonchev–Trinajstić information content (AvgIpc) is 1.58. The van der Waals surface area contributed by atoms with Crippen LogP contribution in [0, 0.1) is 52.3 Å². The highest BCUT2D eigenvalue weighted by atomic mass is 16.8. The number of methoxy groups -OCH3 is 1. The van der Waals surface area contributed by atoms with Crippen molar-refractivity contribution >= 4 is 0 Å². The molecule has 6 aliphatic heterocycles. The van der Waals surface area contributed by atoms with E-state index in [-0.39, 0.29) is 47.2 Å². The van der Waals surface area contributed by atoms with Gasteiger partial charge in [-0.3, -0.25) is 0 Å². The monoisotopic (exact) mass is 1260 g/mol. The van der Waals surface area contributed by atoms with E-state index in [0.29, 0.717) is 43.4 Å². The third kappa shape index (κ3) is 12.7. The Labute approximate surface area is 504 Å². The van der Waals surface area contributed by atoms with Crippen molar-refractivity contribution < 1.29 is 144 Å². The van der Waals surface area contributed by atoms with Gasteiger partial charge in [0.2, 0.25) is 0 Å². The zero-order chi connectivity index (χ0) is 62.9. The van der Waals surface area contributed by atoms with Crippen molar-refractivity contribution in [2.75, 3.05) is 46.8 Å². The Kier molecular flexibility index (Phi) is 21.8. The standard InChI is InChI=1S/C58H98O29/c1-22(20-77-51-45(72)40(67)36(63)30(16-59)80-51)8-13-58(76-5)23(2)35-29(87-58)15-28-26-7-6-24-14-25(9-11-56(24,3)27(26)10-12-57(28,35)4)79-53-48(75)44(71)49(33(19-62)83-53)85-55-50(86-54-47(74)42(69)38(65)32(18-61)82-54)43(70)39(66)34(84-55)21-78-52-46(73)41(68)37(64)31(17-60)81-52/h22-55,59-75H,6-21H2,1-5H3. The minimum Gasteiger partial charge on any atom is -0.394 e. The molecule has 37 atom stereocenters. The van der Waals surface area contributed by atoms with Gasteiger partial charge in [-0.25, -0.2) is 0 Å². The lowest BCUT2D eigenvalue weighted by Gasteiger charge is -2.61. The fourth-order valence-corrected chi connectivity index (χ4v) is 17.3. The molecule has 0 radical (unpaired) electrons. The van der Waals surface area contributed by atoms with Crippen LogP contribution in [0.1, 0.15) is 91.9 Å². The molecule has 0 amide bonds. The van der Waals surface area contributed by atoms with Gasteiger partial charge in [0.15, 0.2) is 37.2 Å². The summed E-state index contributed by atoms with van der Waals surface area (Å²) in [5.74, 6) is 1.18. The Morgan fingerprint density at radius 1 is 0.483 bits per heavy atom. The first-order valence-corrected chi connectivity index (χ1v) is 31.3. The zero-order valence-corrected chi connectivity index (χ0v) is 49.9. The minimum absolute atomic E-state index is 0.0126. The number of hydrogen-bond acceptors (Lipinski definition) is 29. The fourth-order valence-electron chi connectivity index (χ4n) is 17.3. The first-order valence-electron chi connectivity index (χ1n) is 31.3. The summed E-state index contributed by atoms with van der Waals surface area (Å²) < 4.78 is 72.2. The number of rotatable bonds is 20. The van der Waals surface area contributed by atoms with Crippen LogP contribution in [0.25, 0.3) is 0 Å². The van der Waals surface area contributed by atoms with Crippen molar-refractivity contribution in [2.24, 2.45) is 52.3 Å². The lowest BCUT2D eigenvalue weighted by molar-refractivity contribution is -0.393. The van der Waals surface area contributed by atoms with Crippen LogP contribution in [0.2, 0.25) is 0 Å². The third-order valence-electron chi connectivity index (χ3n) is 22.5. The topological polar surface area (TPSA) is 455 Å². The van der Waals surface area contributed by atoms with E-state index in [9.17, 15) is 86.8 Å². The molecule has 17 N–H and O–H groups in total. The normalized spacial score (nSPS) is 54.8. The van der Waals surface area contributed by atoms with Crippen LogP contribution >= 0.6 is 0 Å². The van der Waals surface area contributed by atoms with Gasteiger partial charge in [-0.1, -0.05) is 27.7 Å². The van der Waals surface area contributed by atoms with Crippen molar-refractivity contribution in [3.05, 3.63) is 0 Å². The molecule has 0 bridgehead atoms. The summed E-state index contributed by atoms with van der Waals surface area (Å²) in [5.41, 5.74) is 0.00339. The molecule has 4 aliphatic carbocycles. The SMILES string of the molecule is COC1(CCC(C)COC2OC(CO)C(O)C(O)C2O)OC2CC3C4CCC5CC(OC6OC(CO)C(OC7OC(COC8OC(CO)C(O)C(O)C8O)C(O)C(O)C7OC7OC(CO)C(O)C(O)C7O)C(O)C6O)CCC5(C)C4CCC3(C)C2C1C. The number of aliphatic hydroxyl groups is 17. The van der Waals surface area contributed by atoms with Crippen LogP contribution in [0.15, 0.2) is 0 Å². The molecule has 29 nitrogen and oxygen atoms in total. The van der Waals surface area contributed by atoms with Crippen LogP contribution in [-0.2, 0) is 56.8 Å². The summed E-state index contributed by atoms with van der Waals surface area (Å²) in [7, 11) is 1.71. The Morgan fingerprint density at radius 3 is 1.57 bits per heavy atom. The van der Waals surface area contributed by atoms with Crippen LogP contribution in [0.5, 0.6) is 0 Å². The maximum absolute atomic E-state index is 11.9. The highest BCUT2D eigenvalue weighted by Crippen LogP contribution is 2.71. The molecule has 6 saturated heterocycles. The van der Waals surface area contributed by atoms with Gasteiger partial charge < -0.3 is 144 Å². The second kappa shape index (κ2) is 27.7. The summed E-state index contributed by atoms with van der Waals surface area (Å²) in [4.78, 5) is 0. The van der Waals surface area contributed by atoms with E-state index in [1.165, 1.54) is 0 Å². The molecule has 0 spiro atoms. The third-order valence-corrected chi connectivity index (χ3v) is 22.5. The van der Waals surface area contributed by atoms with Crippen molar-refractivity contribution in [3.63, 3.8) is 0 Å². The van der Waals surface area contributed by atoms with Gasteiger partial charge >= 0.3 is 0 Å². The summed E-state index contributed by atoms with van der Waals surface area (Å²) in [6.45, 7) is 5.60. The predicted octanol–water partition coefficient (Wildman–Crippen LogP) is -5.48. The number of aliphatic hydroxyl groups excluding tert-OH is 17. The van der Waals surface area contributed by atoms with Crippen molar-refractivity contribution in [1.29, 1.82) is 0 Å². The molecule has 0 aromatic carbocycles. The molecular weight excluding hydrogens is 1160 g/mol. The number of ether oxygens (including phenoxy) is 12. The Morgan fingerprint density at radius 2 is 0.977 bits per heavy atom. The van der Waals surface area contributed by atoms with Crippen LogP contribution in [0.4, 0.5) is 0 Å². The lowest BCUT2D eigenvalue weighted by Crippen LogP contribution is -2.67.